The summed E-state index contributed by atoms with van der Waals surface area (Å²) in [5, 5.41) is 1.15. The predicted molar refractivity (Wildman–Crippen MR) is 50.2 cm³/mol. The van der Waals surface area contributed by atoms with E-state index in [4.69, 9.17) is 34.8 Å². The van der Waals surface area contributed by atoms with Gasteiger partial charge in [0.15, 0.2) is 0 Å². The summed E-state index contributed by atoms with van der Waals surface area (Å²) < 4.78 is 1.66. The van der Waals surface area contributed by atoms with Crippen LogP contribution in [-0.2, 0) is 0 Å². The molecular weight excluding hydrogens is 218 g/mol. The summed E-state index contributed by atoms with van der Waals surface area (Å²) in [6, 6.07) is 1.66. The van der Waals surface area contributed by atoms with Gasteiger partial charge in [-0.2, -0.15) is 0 Å². The molecule has 0 fully saturated rings. The third-order valence-corrected chi connectivity index (χ3v) is 2.77. The van der Waals surface area contributed by atoms with Crippen molar-refractivity contribution >= 4 is 40.4 Å². The second-order valence-electron chi connectivity index (χ2n) is 2.25. The van der Waals surface area contributed by atoms with Gasteiger partial charge in [0.2, 0.25) is 0 Å². The summed E-state index contributed by atoms with van der Waals surface area (Å²) in [6.45, 7) is 0. The topological polar surface area (TPSA) is 17.3 Å². The van der Waals surface area contributed by atoms with Gasteiger partial charge in [0.05, 0.1) is 10.0 Å². The normalized spacial score (nSPS) is 10.9. The molecule has 0 aliphatic carbocycles. The highest BCUT2D eigenvalue weighted by Gasteiger charge is 2.07. The van der Waals surface area contributed by atoms with Gasteiger partial charge in [0.1, 0.15) is 10.8 Å². The van der Waals surface area contributed by atoms with Crippen LogP contribution in [0.5, 0.6) is 0 Å². The predicted octanol–water partition coefficient (Wildman–Crippen LogP) is 3.29. The Kier molecular flexibility index (Phi) is 1.91. The Morgan fingerprint density at radius 1 is 1.25 bits per heavy atom. The van der Waals surface area contributed by atoms with Gasteiger partial charge < -0.3 is 0 Å². The summed E-state index contributed by atoms with van der Waals surface area (Å²) in [7, 11) is 0. The molecule has 0 saturated heterocycles. The molecule has 0 aliphatic rings. The zero-order valence-electron chi connectivity index (χ0n) is 5.76. The summed E-state index contributed by atoms with van der Waals surface area (Å²) in [6.07, 6.45) is 3.35. The number of rotatable bonds is 0. The van der Waals surface area contributed by atoms with Crippen molar-refractivity contribution in [2.24, 2.45) is 0 Å². The maximum absolute atomic E-state index is 5.88. The van der Waals surface area contributed by atoms with Gasteiger partial charge in [-0.3, -0.25) is 4.40 Å². The minimum Gasteiger partial charge on any atom is -0.289 e. The molecule has 0 aliphatic heterocycles. The van der Waals surface area contributed by atoms with E-state index >= 15 is 0 Å². The molecule has 0 unspecified atom stereocenters. The number of imidazole rings is 1. The van der Waals surface area contributed by atoms with Gasteiger partial charge in [-0.15, -0.1) is 0 Å². The van der Waals surface area contributed by atoms with Gasteiger partial charge in [-0.25, -0.2) is 4.98 Å². The number of halogens is 3. The Morgan fingerprint density at radius 3 is 2.75 bits per heavy atom. The minimum absolute atomic E-state index is 0.351. The quantitative estimate of drug-likeness (QED) is 0.624. The number of hydrogen-bond acceptors (Lipinski definition) is 1. The number of pyridine rings is 1. The fourth-order valence-electron chi connectivity index (χ4n) is 0.969. The fourth-order valence-corrected chi connectivity index (χ4v) is 1.59. The van der Waals surface area contributed by atoms with Crippen LogP contribution in [0, 0.1) is 0 Å². The molecular formula is C7H3Cl3N2. The van der Waals surface area contributed by atoms with E-state index in [-0.39, 0.29) is 0 Å². The highest BCUT2D eigenvalue weighted by Crippen LogP contribution is 2.30. The molecule has 0 bridgehead atoms. The van der Waals surface area contributed by atoms with Crippen LogP contribution in [0.15, 0.2) is 18.5 Å². The lowest BCUT2D eigenvalue weighted by Crippen LogP contribution is -1.86. The van der Waals surface area contributed by atoms with Gasteiger partial charge in [0, 0.05) is 18.5 Å². The third kappa shape index (κ3) is 1.07. The first-order chi connectivity index (χ1) is 5.70. The average molecular weight is 221 g/mol. The summed E-state index contributed by atoms with van der Waals surface area (Å²) >= 11 is 17.5. The Bertz CT molecular complexity index is 435. The lowest BCUT2D eigenvalue weighted by Gasteiger charge is -2.01. The zero-order chi connectivity index (χ0) is 8.72. The van der Waals surface area contributed by atoms with E-state index in [1.54, 1.807) is 22.9 Å². The maximum Gasteiger partial charge on any atom is 0.139 e. The van der Waals surface area contributed by atoms with Crippen LogP contribution in [0.1, 0.15) is 0 Å². The largest absolute Gasteiger partial charge is 0.289 e. The van der Waals surface area contributed by atoms with E-state index < -0.39 is 0 Å². The first-order valence-electron chi connectivity index (χ1n) is 3.16. The molecule has 0 aromatic carbocycles. The molecule has 2 heterocycles. The van der Waals surface area contributed by atoms with Crippen LogP contribution in [0.4, 0.5) is 0 Å². The number of fused-ring (bicyclic) bond motifs is 1. The van der Waals surface area contributed by atoms with E-state index in [1.165, 1.54) is 0 Å². The van der Waals surface area contributed by atoms with Crippen molar-refractivity contribution in [3.8, 4) is 0 Å². The summed E-state index contributed by atoms with van der Waals surface area (Å²) in [5.74, 6) is 0. The van der Waals surface area contributed by atoms with Gasteiger partial charge in [-0.1, -0.05) is 34.8 Å². The molecule has 0 spiro atoms. The molecule has 2 aromatic heterocycles. The zero-order valence-corrected chi connectivity index (χ0v) is 8.03. The van der Waals surface area contributed by atoms with Crippen molar-refractivity contribution < 1.29 is 0 Å². The third-order valence-electron chi connectivity index (χ3n) is 1.53. The van der Waals surface area contributed by atoms with Crippen molar-refractivity contribution in [3.05, 3.63) is 33.7 Å². The fraction of sp³-hybridized carbons (Fsp3) is 0. The highest BCUT2D eigenvalue weighted by molar-refractivity contribution is 6.47. The number of aromatic nitrogens is 2. The Labute approximate surface area is 83.7 Å². The van der Waals surface area contributed by atoms with Crippen molar-refractivity contribution in [1.82, 2.24) is 9.38 Å². The van der Waals surface area contributed by atoms with Gasteiger partial charge in [-0.05, 0) is 0 Å². The molecule has 2 aromatic rings. The van der Waals surface area contributed by atoms with Gasteiger partial charge in [0.25, 0.3) is 0 Å². The molecule has 5 heteroatoms. The first kappa shape index (κ1) is 8.17. The number of hydrogen-bond donors (Lipinski definition) is 0. The van der Waals surface area contributed by atoms with Crippen molar-refractivity contribution in [1.29, 1.82) is 0 Å². The molecule has 2 nitrogen and oxygen atoms in total. The maximum atomic E-state index is 5.88. The van der Waals surface area contributed by atoms with Crippen molar-refractivity contribution in [2.45, 2.75) is 0 Å². The molecule has 0 atom stereocenters. The van der Waals surface area contributed by atoms with E-state index in [0.29, 0.717) is 20.8 Å². The number of nitrogens with zero attached hydrogens (tertiary/aromatic N) is 2. The first-order valence-corrected chi connectivity index (χ1v) is 4.30. The van der Waals surface area contributed by atoms with Crippen molar-refractivity contribution in [2.75, 3.05) is 0 Å². The lowest BCUT2D eigenvalue weighted by molar-refractivity contribution is 1.19. The average Bonchev–Trinajstić information content (AvgIpc) is 2.48. The molecule has 0 N–H and O–H groups in total. The summed E-state index contributed by atoms with van der Waals surface area (Å²) in [4.78, 5) is 4.02. The van der Waals surface area contributed by atoms with Crippen LogP contribution in [0.2, 0.25) is 15.2 Å². The van der Waals surface area contributed by atoms with Crippen LogP contribution >= 0.6 is 34.8 Å². The Balaban J connectivity index is 2.94. The second kappa shape index (κ2) is 2.80. The molecule has 62 valence electrons. The van der Waals surface area contributed by atoms with Gasteiger partial charge >= 0.3 is 0 Å². The summed E-state index contributed by atoms with van der Waals surface area (Å²) in [5.41, 5.74) is 0.689. The smallest absolute Gasteiger partial charge is 0.139 e. The van der Waals surface area contributed by atoms with E-state index in [0.717, 1.165) is 0 Å². The van der Waals surface area contributed by atoms with Crippen LogP contribution in [0.3, 0.4) is 0 Å². The van der Waals surface area contributed by atoms with Crippen LogP contribution < -0.4 is 0 Å². The van der Waals surface area contributed by atoms with Crippen LogP contribution in [-0.4, -0.2) is 9.38 Å². The standard InChI is InChI=1S/C7H3Cl3N2/c8-4-3-5-11-1-2-12(5)7(10)6(4)9/h1-3H. The minimum atomic E-state index is 0.351. The molecule has 2 rings (SSSR count). The molecule has 0 amide bonds. The van der Waals surface area contributed by atoms with Crippen LogP contribution in [0.25, 0.3) is 5.65 Å². The molecule has 12 heavy (non-hydrogen) atoms. The highest BCUT2D eigenvalue weighted by atomic mass is 35.5. The molecule has 0 radical (unpaired) electrons. The SMILES string of the molecule is Clc1cc2nccn2c(Cl)c1Cl. The Morgan fingerprint density at radius 2 is 2.00 bits per heavy atom. The van der Waals surface area contributed by atoms with E-state index in [1.807, 2.05) is 0 Å². The van der Waals surface area contributed by atoms with E-state index in [2.05, 4.69) is 4.98 Å². The Hall–Kier alpha value is -0.440. The van der Waals surface area contributed by atoms with E-state index in [9.17, 15) is 0 Å². The lowest BCUT2D eigenvalue weighted by atomic mass is 10.5. The van der Waals surface area contributed by atoms with Crippen molar-refractivity contribution in [3.63, 3.8) is 0 Å². The molecule has 0 saturated carbocycles. The monoisotopic (exact) mass is 220 g/mol. The second-order valence-corrected chi connectivity index (χ2v) is 3.40.